The minimum Gasteiger partial charge on any atom is -0.444 e. The Hall–Kier alpha value is -1.59. The number of alkyl carbamates (subject to hydrolysis) is 1. The second-order valence-corrected chi connectivity index (χ2v) is 8.53. The number of hydrogen-bond acceptors (Lipinski definition) is 5. The number of nitrogens with one attached hydrogen (secondary N) is 3. The van der Waals surface area contributed by atoms with Crippen LogP contribution in [0, 0.1) is 0 Å². The van der Waals surface area contributed by atoms with Crippen molar-refractivity contribution in [3.05, 3.63) is 11.6 Å². The average Bonchev–Trinajstić information content (AvgIpc) is 3.09. The van der Waals surface area contributed by atoms with Crippen LogP contribution in [-0.4, -0.2) is 51.5 Å². The summed E-state index contributed by atoms with van der Waals surface area (Å²) in [4.78, 5) is 16.6. The van der Waals surface area contributed by atoms with Crippen LogP contribution >= 0.6 is 24.0 Å². The van der Waals surface area contributed by atoms with Crippen molar-refractivity contribution in [1.82, 2.24) is 30.7 Å². The lowest BCUT2D eigenvalue weighted by Crippen LogP contribution is -2.57. The van der Waals surface area contributed by atoms with Crippen LogP contribution in [0.5, 0.6) is 0 Å². The first-order chi connectivity index (χ1) is 13.7. The smallest absolute Gasteiger partial charge is 0.408 e. The first-order valence-corrected chi connectivity index (χ1v) is 10.6. The van der Waals surface area contributed by atoms with Crippen LogP contribution in [0.3, 0.4) is 0 Å². The van der Waals surface area contributed by atoms with Crippen molar-refractivity contribution in [2.75, 3.05) is 13.6 Å². The molecule has 0 radical (unpaired) electrons. The molecule has 0 aromatic carbocycles. The zero-order chi connectivity index (χ0) is 21.5. The van der Waals surface area contributed by atoms with Crippen LogP contribution in [0.25, 0.3) is 0 Å². The maximum Gasteiger partial charge on any atom is 0.408 e. The molecule has 1 aliphatic heterocycles. The van der Waals surface area contributed by atoms with E-state index >= 15 is 0 Å². The van der Waals surface area contributed by atoms with E-state index in [1.54, 1.807) is 7.05 Å². The largest absolute Gasteiger partial charge is 0.444 e. The molecule has 1 aliphatic rings. The fraction of sp³-hybridized carbons (Fsp3) is 0.800. The summed E-state index contributed by atoms with van der Waals surface area (Å²) in [5.74, 6) is 2.65. The van der Waals surface area contributed by atoms with Gasteiger partial charge in [0.1, 0.15) is 11.4 Å². The summed E-state index contributed by atoms with van der Waals surface area (Å²) in [7, 11) is 1.73. The van der Waals surface area contributed by atoms with Gasteiger partial charge < -0.3 is 25.3 Å². The van der Waals surface area contributed by atoms with Crippen LogP contribution in [0.15, 0.2) is 4.99 Å². The highest BCUT2D eigenvalue weighted by molar-refractivity contribution is 14.0. The molecule has 2 heterocycles. The molecule has 172 valence electrons. The number of aryl methyl sites for hydroxylation is 1. The highest BCUT2D eigenvalue weighted by Crippen LogP contribution is 2.17. The van der Waals surface area contributed by atoms with Gasteiger partial charge in [0.15, 0.2) is 11.8 Å². The van der Waals surface area contributed by atoms with Gasteiger partial charge >= 0.3 is 6.09 Å². The maximum absolute atomic E-state index is 12.3. The zero-order valence-corrected chi connectivity index (χ0v) is 21.5. The van der Waals surface area contributed by atoms with Gasteiger partial charge in [0.05, 0.1) is 12.1 Å². The minimum absolute atomic E-state index is 0. The molecule has 0 spiro atoms. The van der Waals surface area contributed by atoms with E-state index in [4.69, 9.17) is 4.74 Å². The second-order valence-electron chi connectivity index (χ2n) is 8.53. The third-order valence-electron chi connectivity index (χ3n) is 5.29. The molecule has 1 aromatic heterocycles. The fourth-order valence-electron chi connectivity index (χ4n) is 3.38. The number of ether oxygens (including phenoxy) is 1. The maximum atomic E-state index is 12.3. The van der Waals surface area contributed by atoms with Crippen LogP contribution in [0.1, 0.15) is 72.0 Å². The molecule has 1 amide bonds. The van der Waals surface area contributed by atoms with E-state index in [0.717, 1.165) is 43.9 Å². The topological polar surface area (TPSA) is 105 Å². The van der Waals surface area contributed by atoms with Crippen LogP contribution < -0.4 is 16.0 Å². The summed E-state index contributed by atoms with van der Waals surface area (Å²) in [6, 6.07) is 0. The quantitative estimate of drug-likeness (QED) is 0.282. The van der Waals surface area contributed by atoms with Crippen molar-refractivity contribution in [3.8, 4) is 0 Å². The van der Waals surface area contributed by atoms with Crippen LogP contribution in [0.4, 0.5) is 4.79 Å². The van der Waals surface area contributed by atoms with Crippen LogP contribution in [-0.2, 0) is 24.2 Å². The molecular formula is C20H38IN7O2. The molecule has 0 aliphatic carbocycles. The van der Waals surface area contributed by atoms with Gasteiger partial charge in [0.2, 0.25) is 0 Å². The number of guanidine groups is 1. The molecule has 0 unspecified atom stereocenters. The lowest BCUT2D eigenvalue weighted by atomic mass is 9.93. The van der Waals surface area contributed by atoms with Gasteiger partial charge in [-0.15, -0.1) is 34.2 Å². The van der Waals surface area contributed by atoms with E-state index in [9.17, 15) is 4.79 Å². The Kier molecular flexibility index (Phi) is 10.3. The Morgan fingerprint density at radius 1 is 1.17 bits per heavy atom. The summed E-state index contributed by atoms with van der Waals surface area (Å²) in [5.41, 5.74) is -0.951. The van der Waals surface area contributed by atoms with Gasteiger partial charge in [-0.3, -0.25) is 4.99 Å². The van der Waals surface area contributed by atoms with Crippen molar-refractivity contribution in [1.29, 1.82) is 0 Å². The van der Waals surface area contributed by atoms with E-state index < -0.39 is 17.2 Å². The molecule has 3 N–H and O–H groups in total. The van der Waals surface area contributed by atoms with E-state index in [2.05, 4.69) is 49.6 Å². The highest BCUT2D eigenvalue weighted by atomic mass is 127. The molecule has 0 bridgehead atoms. The summed E-state index contributed by atoms with van der Waals surface area (Å²) in [5, 5.41) is 18.3. The number of nitrogens with zero attached hydrogens (tertiary/aromatic N) is 4. The standard InChI is InChI=1S/C20H37N7O2.HI/c1-7-20(8-2,24-18(28)29-19(3,4)5)14-23-17(21-6)22-13-16-26-25-15-11-9-10-12-27(15)16;/h7-14H2,1-6H3,(H,24,28)(H2,21,22,23);1H. The number of aliphatic imine (C=N–C) groups is 1. The lowest BCUT2D eigenvalue weighted by Gasteiger charge is -2.34. The number of hydrogen-bond donors (Lipinski definition) is 3. The van der Waals surface area contributed by atoms with Gasteiger partial charge in [-0.05, 0) is 46.5 Å². The normalized spacial score (nSPS) is 14.4. The van der Waals surface area contributed by atoms with Crippen molar-refractivity contribution >= 4 is 36.0 Å². The Bertz CT molecular complexity index is 708. The summed E-state index contributed by atoms with van der Waals surface area (Å²) < 4.78 is 7.63. The molecule has 0 atom stereocenters. The molecule has 30 heavy (non-hydrogen) atoms. The highest BCUT2D eigenvalue weighted by Gasteiger charge is 2.30. The van der Waals surface area contributed by atoms with Crippen molar-refractivity contribution in [2.24, 2.45) is 4.99 Å². The van der Waals surface area contributed by atoms with Crippen LogP contribution in [0.2, 0.25) is 0 Å². The number of carbonyl (C=O) groups is 1. The van der Waals surface area contributed by atoms with Gasteiger partial charge in [-0.25, -0.2) is 4.79 Å². The van der Waals surface area contributed by atoms with Gasteiger partial charge in [-0.2, -0.15) is 0 Å². The average molecular weight is 535 g/mol. The first kappa shape index (κ1) is 26.4. The summed E-state index contributed by atoms with van der Waals surface area (Å²) >= 11 is 0. The van der Waals surface area contributed by atoms with Gasteiger partial charge in [0.25, 0.3) is 0 Å². The predicted molar refractivity (Wildman–Crippen MR) is 129 cm³/mol. The number of halogens is 1. The molecule has 2 rings (SSSR count). The van der Waals surface area contributed by atoms with E-state index in [1.807, 2.05) is 20.8 Å². The number of amides is 1. The Labute approximate surface area is 197 Å². The number of aromatic nitrogens is 3. The summed E-state index contributed by atoms with van der Waals surface area (Å²) in [6.45, 7) is 11.8. The molecule has 0 saturated carbocycles. The number of carbonyl (C=O) groups excluding carboxylic acids is 1. The van der Waals surface area contributed by atoms with E-state index in [1.165, 1.54) is 6.42 Å². The van der Waals surface area contributed by atoms with Gasteiger partial charge in [-0.1, -0.05) is 13.8 Å². The molecule has 9 nitrogen and oxygen atoms in total. The SMILES string of the molecule is CCC(CC)(CNC(=NC)NCc1nnc2n1CCCC2)NC(=O)OC(C)(C)C.I. The Morgan fingerprint density at radius 3 is 2.47 bits per heavy atom. The molecular weight excluding hydrogens is 497 g/mol. The Balaban J connectivity index is 0.00000450. The van der Waals surface area contributed by atoms with Crippen molar-refractivity contribution in [2.45, 2.75) is 91.0 Å². The minimum atomic E-state index is -0.528. The third-order valence-corrected chi connectivity index (χ3v) is 5.29. The predicted octanol–water partition coefficient (Wildman–Crippen LogP) is 2.98. The monoisotopic (exact) mass is 535 g/mol. The number of fused-ring (bicyclic) bond motifs is 1. The Morgan fingerprint density at radius 2 is 1.87 bits per heavy atom. The van der Waals surface area contributed by atoms with Gasteiger partial charge in [0, 0.05) is 26.6 Å². The lowest BCUT2D eigenvalue weighted by molar-refractivity contribution is 0.0448. The molecule has 10 heteroatoms. The summed E-state index contributed by atoms with van der Waals surface area (Å²) in [6.07, 6.45) is 4.47. The van der Waals surface area contributed by atoms with Crippen molar-refractivity contribution < 1.29 is 9.53 Å². The zero-order valence-electron chi connectivity index (χ0n) is 19.2. The van der Waals surface area contributed by atoms with E-state index in [0.29, 0.717) is 19.0 Å². The number of rotatable bonds is 7. The molecule has 0 saturated heterocycles. The van der Waals surface area contributed by atoms with E-state index in [-0.39, 0.29) is 24.0 Å². The van der Waals surface area contributed by atoms with Crippen molar-refractivity contribution in [3.63, 3.8) is 0 Å². The second kappa shape index (κ2) is 11.7. The molecule has 0 fully saturated rings. The first-order valence-electron chi connectivity index (χ1n) is 10.6. The molecule has 1 aromatic rings. The third kappa shape index (κ3) is 7.59. The fourth-order valence-corrected chi connectivity index (χ4v) is 3.38.